The summed E-state index contributed by atoms with van der Waals surface area (Å²) >= 11 is 0. The second-order valence-electron chi connectivity index (χ2n) is 7.74. The third-order valence-corrected chi connectivity index (χ3v) is 6.37. The van der Waals surface area contributed by atoms with Crippen LogP contribution in [0.15, 0.2) is 36.2 Å². The molecule has 0 heterocycles. The van der Waals surface area contributed by atoms with Gasteiger partial charge in [-0.05, 0) is 73.6 Å². The smallest absolute Gasteiger partial charge is 0.119 e. The first-order valence-electron chi connectivity index (χ1n) is 9.80. The van der Waals surface area contributed by atoms with E-state index in [0.29, 0.717) is 38.1 Å². The molecule has 3 aliphatic carbocycles. The van der Waals surface area contributed by atoms with Crippen LogP contribution in [-0.2, 0) is 14.9 Å². The van der Waals surface area contributed by atoms with Crippen molar-refractivity contribution in [2.75, 3.05) is 26.9 Å². The number of fused-ring (bicyclic) bond motifs is 3. The fourth-order valence-corrected chi connectivity index (χ4v) is 4.43. The first-order chi connectivity index (χ1) is 12.7. The van der Waals surface area contributed by atoms with Gasteiger partial charge in [-0.3, -0.25) is 0 Å². The molecule has 0 atom stereocenters. The molecular formula is C22H31FO3. The Labute approximate surface area is 156 Å². The van der Waals surface area contributed by atoms with Gasteiger partial charge in [-0.25, -0.2) is 4.39 Å². The molecule has 3 fully saturated rings. The Morgan fingerprint density at radius 2 is 1.69 bits per heavy atom. The summed E-state index contributed by atoms with van der Waals surface area (Å²) in [4.78, 5) is 0. The van der Waals surface area contributed by atoms with Crippen LogP contribution in [0.4, 0.5) is 4.39 Å². The number of ether oxygens (including phenoxy) is 3. The van der Waals surface area contributed by atoms with E-state index in [1.165, 1.54) is 24.8 Å². The Balaban J connectivity index is 1.59. The highest BCUT2D eigenvalue weighted by Gasteiger charge is 2.49. The Bertz CT molecular complexity index is 584. The monoisotopic (exact) mass is 362 g/mol. The topological polar surface area (TPSA) is 27.7 Å². The molecule has 0 unspecified atom stereocenters. The van der Waals surface area contributed by atoms with Crippen LogP contribution in [-0.4, -0.2) is 32.5 Å². The van der Waals surface area contributed by atoms with Gasteiger partial charge >= 0.3 is 0 Å². The molecule has 3 nitrogen and oxygen atoms in total. The van der Waals surface area contributed by atoms with Gasteiger partial charge < -0.3 is 14.2 Å². The van der Waals surface area contributed by atoms with Crippen LogP contribution in [0.5, 0.6) is 5.75 Å². The van der Waals surface area contributed by atoms with Gasteiger partial charge in [0, 0.05) is 7.11 Å². The van der Waals surface area contributed by atoms with Crippen LogP contribution < -0.4 is 4.74 Å². The van der Waals surface area contributed by atoms with Gasteiger partial charge in [-0.2, -0.15) is 0 Å². The predicted octanol–water partition coefficient (Wildman–Crippen LogP) is 5.34. The zero-order valence-corrected chi connectivity index (χ0v) is 16.1. The van der Waals surface area contributed by atoms with Crippen LogP contribution >= 0.6 is 0 Å². The Morgan fingerprint density at radius 3 is 2.23 bits per heavy atom. The summed E-state index contributed by atoms with van der Waals surface area (Å²) < 4.78 is 29.7. The largest absolute Gasteiger partial charge is 0.489 e. The minimum atomic E-state index is 0.0819. The summed E-state index contributed by atoms with van der Waals surface area (Å²) in [6.45, 7) is 3.62. The summed E-state index contributed by atoms with van der Waals surface area (Å²) in [7, 11) is 1.72. The van der Waals surface area contributed by atoms with Crippen molar-refractivity contribution in [1.29, 1.82) is 0 Å². The zero-order valence-electron chi connectivity index (χ0n) is 16.1. The minimum Gasteiger partial charge on any atom is -0.489 e. The quantitative estimate of drug-likeness (QED) is 0.555. The summed E-state index contributed by atoms with van der Waals surface area (Å²) in [5, 5.41) is 0. The Morgan fingerprint density at radius 1 is 1.04 bits per heavy atom. The number of halogens is 1. The molecule has 0 spiro atoms. The highest BCUT2D eigenvalue weighted by atomic mass is 19.1. The van der Waals surface area contributed by atoms with Crippen molar-refractivity contribution < 1.29 is 18.6 Å². The molecule has 1 aromatic rings. The van der Waals surface area contributed by atoms with E-state index >= 15 is 0 Å². The molecule has 0 saturated heterocycles. The van der Waals surface area contributed by atoms with Crippen LogP contribution in [0, 0.1) is 0 Å². The third-order valence-electron chi connectivity index (χ3n) is 6.37. The van der Waals surface area contributed by atoms with Gasteiger partial charge in [0.15, 0.2) is 0 Å². The lowest BCUT2D eigenvalue weighted by Gasteiger charge is -2.53. The standard InChI is InChI=1S/C22H31FO3/c1-3-18(16-23)17-25-20-6-4-19(5-7-20)21-8-11-22(12-9-21,13-10-21)26-15-14-24-2/h4-7,16H,3,8-15,17H2,1-2H3/b18-16+. The molecule has 0 radical (unpaired) electrons. The maximum atomic E-state index is 12.6. The lowest BCUT2D eigenvalue weighted by molar-refractivity contribution is -0.127. The highest BCUT2D eigenvalue weighted by Crippen LogP contribution is 2.55. The van der Waals surface area contributed by atoms with Crippen molar-refractivity contribution in [2.24, 2.45) is 0 Å². The van der Waals surface area contributed by atoms with Gasteiger partial charge in [-0.1, -0.05) is 19.1 Å². The normalized spacial score (nSPS) is 28.3. The molecule has 3 aliphatic rings. The lowest BCUT2D eigenvalue weighted by Crippen LogP contribution is -2.50. The summed E-state index contributed by atoms with van der Waals surface area (Å²) in [5.41, 5.74) is 2.46. The zero-order chi connectivity index (χ0) is 18.5. The fourth-order valence-electron chi connectivity index (χ4n) is 4.43. The van der Waals surface area contributed by atoms with E-state index in [9.17, 15) is 4.39 Å². The number of hydrogen-bond donors (Lipinski definition) is 0. The van der Waals surface area contributed by atoms with Crippen LogP contribution in [0.1, 0.15) is 57.4 Å². The molecule has 0 aromatic heterocycles. The maximum absolute atomic E-state index is 12.6. The number of benzene rings is 1. The highest BCUT2D eigenvalue weighted by molar-refractivity contribution is 5.34. The molecule has 144 valence electrons. The average molecular weight is 362 g/mol. The van der Waals surface area contributed by atoms with Crippen molar-refractivity contribution in [3.05, 3.63) is 41.7 Å². The predicted molar refractivity (Wildman–Crippen MR) is 101 cm³/mol. The van der Waals surface area contributed by atoms with Gasteiger partial charge in [-0.15, -0.1) is 0 Å². The second kappa shape index (κ2) is 8.53. The van der Waals surface area contributed by atoms with E-state index in [1.54, 1.807) is 7.11 Å². The van der Waals surface area contributed by atoms with E-state index < -0.39 is 0 Å². The minimum absolute atomic E-state index is 0.0819. The van der Waals surface area contributed by atoms with E-state index in [-0.39, 0.29) is 11.0 Å². The third kappa shape index (κ3) is 4.12. The lowest BCUT2D eigenvalue weighted by atomic mass is 9.56. The van der Waals surface area contributed by atoms with Gasteiger partial charge in [0.25, 0.3) is 0 Å². The van der Waals surface area contributed by atoms with Gasteiger partial charge in [0.1, 0.15) is 12.4 Å². The van der Waals surface area contributed by atoms with Crippen LogP contribution in [0.3, 0.4) is 0 Å². The average Bonchev–Trinajstić information content (AvgIpc) is 2.71. The Kier molecular flexibility index (Phi) is 6.36. The molecule has 4 heteroatoms. The molecular weight excluding hydrogens is 331 g/mol. The van der Waals surface area contributed by atoms with Crippen LogP contribution in [0.25, 0.3) is 0 Å². The number of rotatable bonds is 9. The summed E-state index contributed by atoms with van der Waals surface area (Å²) in [6, 6.07) is 8.46. The van der Waals surface area contributed by atoms with Crippen molar-refractivity contribution in [1.82, 2.24) is 0 Å². The van der Waals surface area contributed by atoms with Crippen molar-refractivity contribution in [3.63, 3.8) is 0 Å². The van der Waals surface area contributed by atoms with Gasteiger partial charge in [0.2, 0.25) is 0 Å². The Hall–Kier alpha value is -1.39. The van der Waals surface area contributed by atoms with E-state index in [1.807, 2.05) is 19.1 Å². The molecule has 0 N–H and O–H groups in total. The van der Waals surface area contributed by atoms with E-state index in [4.69, 9.17) is 14.2 Å². The van der Waals surface area contributed by atoms with Crippen molar-refractivity contribution in [2.45, 2.75) is 62.9 Å². The first kappa shape index (κ1) is 19.4. The van der Waals surface area contributed by atoms with Gasteiger partial charge in [0.05, 0.1) is 25.1 Å². The molecule has 0 amide bonds. The number of hydrogen-bond acceptors (Lipinski definition) is 3. The van der Waals surface area contributed by atoms with Crippen molar-refractivity contribution in [3.8, 4) is 5.75 Å². The molecule has 3 saturated carbocycles. The molecule has 2 bridgehead atoms. The first-order valence-corrected chi connectivity index (χ1v) is 9.80. The molecule has 4 rings (SSSR count). The van der Waals surface area contributed by atoms with Crippen LogP contribution in [0.2, 0.25) is 0 Å². The summed E-state index contributed by atoms with van der Waals surface area (Å²) in [5.74, 6) is 0.807. The number of methoxy groups -OCH3 is 1. The SMILES string of the molecule is CC/C(=C\F)COc1ccc(C23CCC(OCCOC)(CC2)CC3)cc1. The second-order valence-corrected chi connectivity index (χ2v) is 7.74. The molecule has 1 aromatic carbocycles. The molecule has 26 heavy (non-hydrogen) atoms. The van der Waals surface area contributed by atoms with Crippen molar-refractivity contribution >= 4 is 0 Å². The summed E-state index contributed by atoms with van der Waals surface area (Å²) in [6.07, 6.45) is 8.28. The van der Waals surface area contributed by atoms with E-state index in [0.717, 1.165) is 25.0 Å². The van der Waals surface area contributed by atoms with E-state index in [2.05, 4.69) is 12.1 Å². The fraction of sp³-hybridized carbons (Fsp3) is 0.636. The molecule has 0 aliphatic heterocycles. The maximum Gasteiger partial charge on any atom is 0.119 e.